The fraction of sp³-hybridized carbons (Fsp3) is 0.375. The van der Waals surface area contributed by atoms with Crippen molar-refractivity contribution in [2.45, 2.75) is 24.8 Å². The van der Waals surface area contributed by atoms with Crippen molar-refractivity contribution in [2.24, 2.45) is 5.92 Å². The Kier molecular flexibility index (Phi) is 6.68. The summed E-state index contributed by atoms with van der Waals surface area (Å²) in [4.78, 5) is 9.97. The first-order valence-electron chi connectivity index (χ1n) is 7.34. The fourth-order valence-corrected chi connectivity index (χ4v) is 2.64. The van der Waals surface area contributed by atoms with E-state index in [-0.39, 0.29) is 18.6 Å². The Balaban J connectivity index is 2.15. The van der Waals surface area contributed by atoms with E-state index in [2.05, 4.69) is 50.4 Å². The molecular weight excluding hydrogens is 376 g/mol. The van der Waals surface area contributed by atoms with Crippen LogP contribution in [0.25, 0.3) is 0 Å². The highest BCUT2D eigenvalue weighted by Crippen LogP contribution is 2.24. The van der Waals surface area contributed by atoms with E-state index in [1.54, 1.807) is 18.0 Å². The summed E-state index contributed by atoms with van der Waals surface area (Å²) in [5.74, 6) is 1.46. The molecule has 1 atom stereocenters. The highest BCUT2D eigenvalue weighted by atomic mass is 79.9. The van der Waals surface area contributed by atoms with Crippen LogP contribution in [-0.2, 0) is 0 Å². The molecule has 2 aromatic rings. The molecule has 0 unspecified atom stereocenters. The molecule has 0 aliphatic rings. The third kappa shape index (κ3) is 5.09. The van der Waals surface area contributed by atoms with Gasteiger partial charge < -0.3 is 15.7 Å². The molecule has 3 N–H and O–H groups in total. The Morgan fingerprint density at radius 1 is 1.26 bits per heavy atom. The number of aliphatic hydroxyl groups excluding tert-OH is 1. The topological polar surface area (TPSA) is 70.1 Å². The summed E-state index contributed by atoms with van der Waals surface area (Å²) in [5.41, 5.74) is 0.929. The quantitative estimate of drug-likeness (QED) is 0.611. The molecule has 0 amide bonds. The number of aromatic nitrogens is 2. The minimum absolute atomic E-state index is 0.0486. The summed E-state index contributed by atoms with van der Waals surface area (Å²) in [6, 6.07) is 8.02. The second kappa shape index (κ2) is 8.52. The highest BCUT2D eigenvalue weighted by molar-refractivity contribution is 9.10. The molecule has 0 saturated carbocycles. The van der Waals surface area contributed by atoms with Crippen molar-refractivity contribution >= 4 is 45.1 Å². The van der Waals surface area contributed by atoms with Crippen molar-refractivity contribution in [2.75, 3.05) is 23.5 Å². The number of anilines is 3. The zero-order chi connectivity index (χ0) is 16.8. The van der Waals surface area contributed by atoms with Gasteiger partial charge in [-0.1, -0.05) is 13.8 Å². The van der Waals surface area contributed by atoms with Gasteiger partial charge >= 0.3 is 0 Å². The molecule has 1 heterocycles. The van der Waals surface area contributed by atoms with Gasteiger partial charge in [0.25, 0.3) is 0 Å². The Labute approximate surface area is 149 Å². The lowest BCUT2D eigenvalue weighted by molar-refractivity contribution is 0.249. The van der Waals surface area contributed by atoms with E-state index in [0.717, 1.165) is 10.2 Å². The first kappa shape index (κ1) is 18.0. The smallest absolute Gasteiger partial charge is 0.229 e. The summed E-state index contributed by atoms with van der Waals surface area (Å²) in [6.07, 6.45) is 3.74. The van der Waals surface area contributed by atoms with Crippen molar-refractivity contribution in [3.63, 3.8) is 0 Å². The maximum absolute atomic E-state index is 9.46. The van der Waals surface area contributed by atoms with Gasteiger partial charge in [-0.15, -0.1) is 11.8 Å². The molecule has 7 heteroatoms. The van der Waals surface area contributed by atoms with Crippen LogP contribution in [0, 0.1) is 5.92 Å². The zero-order valence-electron chi connectivity index (χ0n) is 13.4. The van der Waals surface area contributed by atoms with Gasteiger partial charge in [0.15, 0.2) is 0 Å². The predicted molar refractivity (Wildman–Crippen MR) is 101 cm³/mol. The van der Waals surface area contributed by atoms with Crippen LogP contribution in [0.2, 0.25) is 0 Å². The molecule has 0 saturated heterocycles. The zero-order valence-corrected chi connectivity index (χ0v) is 15.8. The molecule has 1 aromatic heterocycles. The van der Waals surface area contributed by atoms with Crippen LogP contribution >= 0.6 is 27.7 Å². The van der Waals surface area contributed by atoms with Crippen LogP contribution in [0.4, 0.5) is 17.5 Å². The minimum atomic E-state index is -0.0603. The average Bonchev–Trinajstić information content (AvgIpc) is 2.55. The number of hydrogen-bond donors (Lipinski definition) is 3. The lowest BCUT2D eigenvalue weighted by Gasteiger charge is -2.21. The van der Waals surface area contributed by atoms with E-state index in [9.17, 15) is 5.11 Å². The number of benzene rings is 1. The minimum Gasteiger partial charge on any atom is -0.394 e. The molecule has 23 heavy (non-hydrogen) atoms. The molecule has 0 radical (unpaired) electrons. The van der Waals surface area contributed by atoms with E-state index in [1.807, 2.05) is 30.5 Å². The van der Waals surface area contributed by atoms with Crippen molar-refractivity contribution in [3.8, 4) is 0 Å². The molecule has 0 bridgehead atoms. The van der Waals surface area contributed by atoms with Crippen LogP contribution in [0.15, 0.2) is 39.8 Å². The Bertz CT molecular complexity index is 636. The average molecular weight is 397 g/mol. The Morgan fingerprint density at radius 3 is 2.52 bits per heavy atom. The van der Waals surface area contributed by atoms with E-state index in [0.29, 0.717) is 11.8 Å². The van der Waals surface area contributed by atoms with Crippen molar-refractivity contribution in [3.05, 3.63) is 34.9 Å². The van der Waals surface area contributed by atoms with Crippen LogP contribution in [0.1, 0.15) is 13.8 Å². The van der Waals surface area contributed by atoms with Gasteiger partial charge in [-0.3, -0.25) is 0 Å². The molecule has 0 fully saturated rings. The lowest BCUT2D eigenvalue weighted by atomic mass is 10.1. The number of hydrogen-bond acceptors (Lipinski definition) is 6. The second-order valence-corrected chi connectivity index (χ2v) is 7.16. The number of aliphatic hydroxyl groups is 1. The number of halogens is 1. The number of thioether (sulfide) groups is 1. The lowest BCUT2D eigenvalue weighted by Crippen LogP contribution is -2.30. The first-order valence-corrected chi connectivity index (χ1v) is 9.36. The van der Waals surface area contributed by atoms with E-state index >= 15 is 0 Å². The summed E-state index contributed by atoms with van der Waals surface area (Å²) in [7, 11) is 0. The third-order valence-electron chi connectivity index (χ3n) is 3.41. The molecular formula is C16H21BrN4OS. The van der Waals surface area contributed by atoms with Gasteiger partial charge in [0.1, 0.15) is 5.82 Å². The molecule has 1 aromatic carbocycles. The van der Waals surface area contributed by atoms with Gasteiger partial charge in [-0.05, 0) is 52.4 Å². The van der Waals surface area contributed by atoms with Crippen LogP contribution in [0.3, 0.4) is 0 Å². The van der Waals surface area contributed by atoms with Gasteiger partial charge in [0.05, 0.1) is 17.1 Å². The van der Waals surface area contributed by atoms with Crippen LogP contribution in [-0.4, -0.2) is 34.0 Å². The largest absolute Gasteiger partial charge is 0.394 e. The Hall–Kier alpha value is -1.31. The van der Waals surface area contributed by atoms with Crippen LogP contribution < -0.4 is 10.6 Å². The van der Waals surface area contributed by atoms with E-state index in [4.69, 9.17) is 0 Å². The molecule has 0 spiro atoms. The maximum atomic E-state index is 9.46. The molecule has 5 nitrogen and oxygen atoms in total. The molecule has 0 aliphatic carbocycles. The highest BCUT2D eigenvalue weighted by Gasteiger charge is 2.15. The van der Waals surface area contributed by atoms with Crippen molar-refractivity contribution in [1.82, 2.24) is 9.97 Å². The number of nitrogens with zero attached hydrogens (tertiary/aromatic N) is 2. The summed E-state index contributed by atoms with van der Waals surface area (Å²) in [5, 5.41) is 15.9. The van der Waals surface area contributed by atoms with Gasteiger partial charge in [0, 0.05) is 16.8 Å². The Morgan fingerprint density at radius 2 is 1.96 bits per heavy atom. The molecule has 124 valence electrons. The van der Waals surface area contributed by atoms with Gasteiger partial charge in [0.2, 0.25) is 5.95 Å². The van der Waals surface area contributed by atoms with Crippen LogP contribution in [0.5, 0.6) is 0 Å². The van der Waals surface area contributed by atoms with E-state index in [1.165, 1.54) is 4.90 Å². The van der Waals surface area contributed by atoms with Crippen molar-refractivity contribution in [1.29, 1.82) is 0 Å². The monoisotopic (exact) mass is 396 g/mol. The normalized spacial score (nSPS) is 12.3. The standard InChI is InChI=1S/C16H21BrN4OS/c1-10(2)14(9-22)20-15-13(17)8-18-16(21-15)19-11-4-6-12(23-3)7-5-11/h4-8,10,14,22H,9H2,1-3H3,(H2,18,19,20,21)/t14-/m0/s1. The summed E-state index contributed by atoms with van der Waals surface area (Å²) in [6.45, 7) is 4.15. The summed E-state index contributed by atoms with van der Waals surface area (Å²) < 4.78 is 0.764. The third-order valence-corrected chi connectivity index (χ3v) is 4.74. The summed E-state index contributed by atoms with van der Waals surface area (Å²) >= 11 is 5.14. The van der Waals surface area contributed by atoms with Gasteiger partial charge in [-0.2, -0.15) is 4.98 Å². The van der Waals surface area contributed by atoms with Gasteiger partial charge in [-0.25, -0.2) is 4.98 Å². The van der Waals surface area contributed by atoms with Crippen molar-refractivity contribution < 1.29 is 5.11 Å². The first-order chi connectivity index (χ1) is 11.0. The number of nitrogens with one attached hydrogen (secondary N) is 2. The SMILES string of the molecule is CSc1ccc(Nc2ncc(Br)c(N[C@@H](CO)C(C)C)n2)cc1. The van der Waals surface area contributed by atoms with E-state index < -0.39 is 0 Å². The second-order valence-electron chi connectivity index (χ2n) is 5.42. The molecule has 2 rings (SSSR count). The fourth-order valence-electron chi connectivity index (χ4n) is 1.93. The maximum Gasteiger partial charge on any atom is 0.229 e. The molecule has 0 aliphatic heterocycles. The number of rotatable bonds is 7. The predicted octanol–water partition coefficient (Wildman–Crippen LogP) is 4.13.